The Labute approximate surface area is 173 Å². The van der Waals surface area contributed by atoms with Crippen molar-refractivity contribution in [1.82, 2.24) is 18.9 Å². The smallest absolute Gasteiger partial charge is 0.271 e. The van der Waals surface area contributed by atoms with E-state index in [9.17, 15) is 9.90 Å². The van der Waals surface area contributed by atoms with Gasteiger partial charge in [0.1, 0.15) is 5.56 Å². The van der Waals surface area contributed by atoms with E-state index >= 15 is 0 Å². The minimum atomic E-state index is -0.258. The third kappa shape index (κ3) is 3.26. The third-order valence-corrected chi connectivity index (χ3v) is 5.70. The number of rotatable bonds is 5. The maximum atomic E-state index is 13.4. The molecule has 0 saturated carbocycles. The maximum Gasteiger partial charge on any atom is 0.271 e. The van der Waals surface area contributed by atoms with Crippen molar-refractivity contribution in [1.29, 1.82) is 0 Å². The van der Waals surface area contributed by atoms with Crippen molar-refractivity contribution in [2.24, 2.45) is 0 Å². The zero-order valence-corrected chi connectivity index (χ0v) is 16.7. The fraction of sp³-hybridized carbons (Fsp3) is 0.304. The summed E-state index contributed by atoms with van der Waals surface area (Å²) >= 11 is 0. The van der Waals surface area contributed by atoms with Gasteiger partial charge in [-0.2, -0.15) is 0 Å². The molecule has 0 atom stereocenters. The van der Waals surface area contributed by atoms with Crippen LogP contribution in [0.15, 0.2) is 59.4 Å². The van der Waals surface area contributed by atoms with Gasteiger partial charge < -0.3 is 9.84 Å². The predicted molar refractivity (Wildman–Crippen MR) is 116 cm³/mol. The third-order valence-electron chi connectivity index (χ3n) is 5.70. The number of fused-ring (bicyclic) bond motifs is 3. The van der Waals surface area contributed by atoms with E-state index in [2.05, 4.69) is 9.88 Å². The molecule has 0 unspecified atom stereocenters. The first-order chi connectivity index (χ1) is 14.7. The van der Waals surface area contributed by atoms with Crippen LogP contribution in [0.5, 0.6) is 5.88 Å². The van der Waals surface area contributed by atoms with Crippen molar-refractivity contribution in [3.8, 4) is 17.0 Å². The van der Waals surface area contributed by atoms with E-state index in [1.807, 2.05) is 54.6 Å². The zero-order chi connectivity index (χ0) is 20.5. The van der Waals surface area contributed by atoms with Crippen molar-refractivity contribution >= 4 is 16.8 Å². The quantitative estimate of drug-likeness (QED) is 0.554. The highest BCUT2D eigenvalue weighted by molar-refractivity contribution is 5.81. The molecule has 3 heterocycles. The fourth-order valence-electron chi connectivity index (χ4n) is 4.17. The van der Waals surface area contributed by atoms with Gasteiger partial charge in [0.2, 0.25) is 11.7 Å². The van der Waals surface area contributed by atoms with Gasteiger partial charge in [-0.25, -0.2) is 9.38 Å². The molecule has 154 valence electrons. The summed E-state index contributed by atoms with van der Waals surface area (Å²) in [5.41, 5.74) is 2.23. The normalized spacial score (nSPS) is 15.2. The molecule has 0 radical (unpaired) electrons. The van der Waals surface area contributed by atoms with Crippen LogP contribution in [0.25, 0.3) is 27.9 Å². The predicted octanol–water partition coefficient (Wildman–Crippen LogP) is 2.74. The van der Waals surface area contributed by atoms with Crippen LogP contribution in [0.3, 0.4) is 0 Å². The molecule has 1 N–H and O–H groups in total. The average molecular weight is 404 g/mol. The minimum absolute atomic E-state index is 0.0315. The second-order valence-corrected chi connectivity index (χ2v) is 7.56. The molecule has 7 nitrogen and oxygen atoms in total. The number of aryl methyl sites for hydroxylation is 1. The summed E-state index contributed by atoms with van der Waals surface area (Å²) in [4.78, 5) is 20.5. The monoisotopic (exact) mass is 404 g/mol. The van der Waals surface area contributed by atoms with Crippen molar-refractivity contribution in [2.45, 2.75) is 13.0 Å². The number of ether oxygens (including phenoxy) is 1. The lowest BCUT2D eigenvalue weighted by atomic mass is 10.1. The number of hydrogen-bond donors (Lipinski definition) is 1. The van der Waals surface area contributed by atoms with E-state index < -0.39 is 0 Å². The number of morpholine rings is 1. The standard InChI is InChI=1S/C23H24N4O3/c28-21-20(17-7-2-1-3-8-17)22(29)27-19-10-5-4-9-18(19)24-23(27)26(21)12-6-11-25-13-15-30-16-14-25/h1-5,7-10,28H,6,11-16H2. The lowest BCUT2D eigenvalue weighted by Crippen LogP contribution is -2.37. The van der Waals surface area contributed by atoms with Gasteiger partial charge in [-0.05, 0) is 24.1 Å². The number of aromatic nitrogens is 3. The summed E-state index contributed by atoms with van der Waals surface area (Å²) in [6.45, 7) is 4.84. The summed E-state index contributed by atoms with van der Waals surface area (Å²) in [6.07, 6.45) is 0.837. The Morgan fingerprint density at radius 2 is 1.70 bits per heavy atom. The topological polar surface area (TPSA) is 72.0 Å². The van der Waals surface area contributed by atoms with Gasteiger partial charge in [-0.15, -0.1) is 0 Å². The van der Waals surface area contributed by atoms with E-state index in [0.29, 0.717) is 23.4 Å². The SMILES string of the molecule is O=c1c(-c2ccccc2)c(O)n(CCCN2CCOCC2)c2nc3ccccc3n12. The molecule has 1 saturated heterocycles. The molecule has 0 spiro atoms. The van der Waals surface area contributed by atoms with Gasteiger partial charge in [0, 0.05) is 26.2 Å². The van der Waals surface area contributed by atoms with Gasteiger partial charge in [0.15, 0.2) is 0 Å². The number of nitrogens with zero attached hydrogens (tertiary/aromatic N) is 4. The van der Waals surface area contributed by atoms with E-state index in [4.69, 9.17) is 4.74 Å². The van der Waals surface area contributed by atoms with Crippen LogP contribution in [-0.4, -0.2) is 56.8 Å². The van der Waals surface area contributed by atoms with Crippen LogP contribution in [0.2, 0.25) is 0 Å². The average Bonchev–Trinajstić information content (AvgIpc) is 3.17. The molecule has 2 aromatic carbocycles. The Hall–Kier alpha value is -3.16. The molecule has 2 aromatic heterocycles. The van der Waals surface area contributed by atoms with E-state index in [1.165, 1.54) is 0 Å². The Balaban J connectivity index is 1.63. The highest BCUT2D eigenvalue weighted by Crippen LogP contribution is 2.29. The highest BCUT2D eigenvalue weighted by Gasteiger charge is 2.21. The second-order valence-electron chi connectivity index (χ2n) is 7.56. The lowest BCUT2D eigenvalue weighted by molar-refractivity contribution is 0.0369. The first-order valence-electron chi connectivity index (χ1n) is 10.3. The van der Waals surface area contributed by atoms with Crippen molar-refractivity contribution in [2.75, 3.05) is 32.8 Å². The Kier molecular flexibility index (Phi) is 4.98. The number of para-hydroxylation sites is 2. The number of benzene rings is 2. The highest BCUT2D eigenvalue weighted by atomic mass is 16.5. The molecule has 4 aromatic rings. The van der Waals surface area contributed by atoms with Gasteiger partial charge in [0.25, 0.3) is 5.56 Å². The van der Waals surface area contributed by atoms with Gasteiger partial charge in [0.05, 0.1) is 24.2 Å². The Bertz CT molecular complexity index is 1240. The van der Waals surface area contributed by atoms with Crippen LogP contribution < -0.4 is 5.56 Å². The summed E-state index contributed by atoms with van der Waals surface area (Å²) in [5, 5.41) is 11.2. The van der Waals surface area contributed by atoms with E-state index in [1.54, 1.807) is 8.97 Å². The van der Waals surface area contributed by atoms with Crippen molar-refractivity contribution in [3.05, 3.63) is 65.0 Å². The van der Waals surface area contributed by atoms with Crippen molar-refractivity contribution in [3.63, 3.8) is 0 Å². The number of hydrogen-bond acceptors (Lipinski definition) is 5. The molecule has 0 bridgehead atoms. The van der Waals surface area contributed by atoms with E-state index in [-0.39, 0.29) is 11.4 Å². The van der Waals surface area contributed by atoms with Crippen LogP contribution in [0, 0.1) is 0 Å². The molecule has 5 rings (SSSR count). The Morgan fingerprint density at radius 1 is 0.967 bits per heavy atom. The molecule has 30 heavy (non-hydrogen) atoms. The lowest BCUT2D eigenvalue weighted by Gasteiger charge is -2.26. The molecule has 1 aliphatic rings. The largest absolute Gasteiger partial charge is 0.494 e. The maximum absolute atomic E-state index is 13.4. The second kappa shape index (κ2) is 7.93. The first kappa shape index (κ1) is 18.8. The van der Waals surface area contributed by atoms with Gasteiger partial charge in [-0.1, -0.05) is 42.5 Å². The first-order valence-corrected chi connectivity index (χ1v) is 10.3. The summed E-state index contributed by atoms with van der Waals surface area (Å²) < 4.78 is 8.80. The fourth-order valence-corrected chi connectivity index (χ4v) is 4.17. The summed E-state index contributed by atoms with van der Waals surface area (Å²) in [6, 6.07) is 16.9. The van der Waals surface area contributed by atoms with Crippen LogP contribution in [0.4, 0.5) is 0 Å². The molecule has 0 aliphatic carbocycles. The molecule has 1 aliphatic heterocycles. The minimum Gasteiger partial charge on any atom is -0.494 e. The van der Waals surface area contributed by atoms with Crippen LogP contribution in [0.1, 0.15) is 6.42 Å². The summed E-state index contributed by atoms with van der Waals surface area (Å²) in [7, 11) is 0. The zero-order valence-electron chi connectivity index (χ0n) is 16.7. The van der Waals surface area contributed by atoms with Gasteiger partial charge in [-0.3, -0.25) is 14.3 Å². The number of aromatic hydroxyl groups is 1. The van der Waals surface area contributed by atoms with Crippen LogP contribution in [-0.2, 0) is 11.3 Å². The van der Waals surface area contributed by atoms with E-state index in [0.717, 1.165) is 50.3 Å². The van der Waals surface area contributed by atoms with Crippen molar-refractivity contribution < 1.29 is 9.84 Å². The Morgan fingerprint density at radius 3 is 2.50 bits per heavy atom. The molecular weight excluding hydrogens is 380 g/mol. The number of imidazole rings is 1. The molecule has 7 heteroatoms. The summed E-state index contributed by atoms with van der Waals surface area (Å²) in [5.74, 6) is 0.441. The molecule has 0 amide bonds. The molecular formula is C23H24N4O3. The van der Waals surface area contributed by atoms with Gasteiger partial charge >= 0.3 is 0 Å². The van der Waals surface area contributed by atoms with Crippen LogP contribution >= 0.6 is 0 Å². The molecule has 1 fully saturated rings.